The van der Waals surface area contributed by atoms with Gasteiger partial charge in [-0.25, -0.2) is 12.8 Å². The number of benzene rings is 3. The fraction of sp³-hybridized carbons (Fsp3) is 0.333. The SMILES string of the molecule is CC[C@@H](C)NC(=O)[C@H](C)N(Cc1c(Cl)cccc1Cl)C(=O)CN(c1ccc(F)cc1)S(=O)(=O)c1ccc2c(c1)OCCO2. The predicted molar refractivity (Wildman–Crippen MR) is 163 cm³/mol. The molecular formula is C30H32Cl2FN3O6S. The molecule has 0 aromatic heterocycles. The molecule has 2 atom stereocenters. The van der Waals surface area contributed by atoms with Crippen molar-refractivity contribution in [3.8, 4) is 11.5 Å². The minimum absolute atomic E-state index is 0.0390. The van der Waals surface area contributed by atoms with E-state index in [2.05, 4.69) is 5.32 Å². The zero-order chi connectivity index (χ0) is 31.3. The second-order valence-electron chi connectivity index (χ2n) is 10.0. The summed E-state index contributed by atoms with van der Waals surface area (Å²) < 4.78 is 53.9. The van der Waals surface area contributed by atoms with Crippen molar-refractivity contribution in [2.45, 2.75) is 50.7 Å². The fourth-order valence-corrected chi connectivity index (χ4v) is 6.30. The van der Waals surface area contributed by atoms with Gasteiger partial charge < -0.3 is 19.7 Å². The first-order valence-corrected chi connectivity index (χ1v) is 15.8. The highest BCUT2D eigenvalue weighted by atomic mass is 35.5. The van der Waals surface area contributed by atoms with Crippen molar-refractivity contribution < 1.29 is 31.9 Å². The lowest BCUT2D eigenvalue weighted by Gasteiger charge is -2.33. The Labute approximate surface area is 260 Å². The summed E-state index contributed by atoms with van der Waals surface area (Å²) in [5.41, 5.74) is 0.433. The van der Waals surface area contributed by atoms with Crippen LogP contribution in [0.4, 0.5) is 10.1 Å². The third-order valence-electron chi connectivity index (χ3n) is 7.05. The van der Waals surface area contributed by atoms with Gasteiger partial charge in [0.15, 0.2) is 11.5 Å². The molecule has 0 radical (unpaired) electrons. The lowest BCUT2D eigenvalue weighted by Crippen LogP contribution is -2.52. The second kappa shape index (κ2) is 13.8. The Balaban J connectivity index is 1.74. The first-order valence-electron chi connectivity index (χ1n) is 13.6. The number of ether oxygens (including phenoxy) is 2. The summed E-state index contributed by atoms with van der Waals surface area (Å²) in [6, 6.07) is 12.5. The van der Waals surface area contributed by atoms with Gasteiger partial charge in [0, 0.05) is 34.3 Å². The van der Waals surface area contributed by atoms with Gasteiger partial charge in [0.25, 0.3) is 10.0 Å². The van der Waals surface area contributed by atoms with E-state index in [1.54, 1.807) is 18.2 Å². The lowest BCUT2D eigenvalue weighted by atomic mass is 10.1. The van der Waals surface area contributed by atoms with Gasteiger partial charge in [-0.2, -0.15) is 0 Å². The molecule has 3 aromatic rings. The number of amides is 2. The molecule has 4 rings (SSSR count). The summed E-state index contributed by atoms with van der Waals surface area (Å²) in [7, 11) is -4.41. The van der Waals surface area contributed by atoms with Crippen LogP contribution in [0.2, 0.25) is 10.0 Å². The van der Waals surface area contributed by atoms with Crippen molar-refractivity contribution in [3.05, 3.63) is 82.1 Å². The Morgan fingerprint density at radius 3 is 2.23 bits per heavy atom. The first kappa shape index (κ1) is 32.4. The molecule has 1 aliphatic heterocycles. The van der Waals surface area contributed by atoms with Crippen molar-refractivity contribution in [2.24, 2.45) is 0 Å². The predicted octanol–water partition coefficient (Wildman–Crippen LogP) is 5.43. The van der Waals surface area contributed by atoms with Crippen LogP contribution in [-0.4, -0.2) is 57.0 Å². The van der Waals surface area contributed by atoms with Crippen molar-refractivity contribution in [1.29, 1.82) is 0 Å². The van der Waals surface area contributed by atoms with Crippen LogP contribution < -0.4 is 19.1 Å². The van der Waals surface area contributed by atoms with E-state index >= 15 is 0 Å². The zero-order valence-electron chi connectivity index (χ0n) is 23.8. The number of hydrogen-bond acceptors (Lipinski definition) is 6. The summed E-state index contributed by atoms with van der Waals surface area (Å²) in [5.74, 6) is -1.11. The number of anilines is 1. The van der Waals surface area contributed by atoms with Crippen molar-refractivity contribution in [2.75, 3.05) is 24.1 Å². The maximum atomic E-state index is 14.1. The van der Waals surface area contributed by atoms with Gasteiger partial charge in [-0.3, -0.25) is 13.9 Å². The van der Waals surface area contributed by atoms with Crippen LogP contribution in [-0.2, 0) is 26.2 Å². The molecule has 1 aliphatic rings. The summed E-state index contributed by atoms with van der Waals surface area (Å²) in [5, 5.41) is 3.41. The van der Waals surface area contributed by atoms with E-state index in [4.69, 9.17) is 32.7 Å². The van der Waals surface area contributed by atoms with E-state index in [0.717, 1.165) is 16.4 Å². The van der Waals surface area contributed by atoms with Crippen LogP contribution in [0.5, 0.6) is 11.5 Å². The largest absolute Gasteiger partial charge is 0.486 e. The van der Waals surface area contributed by atoms with Crippen molar-refractivity contribution >= 4 is 50.7 Å². The monoisotopic (exact) mass is 651 g/mol. The molecule has 1 heterocycles. The molecule has 0 spiro atoms. The Bertz CT molecular complexity index is 1570. The molecule has 230 valence electrons. The molecule has 9 nitrogen and oxygen atoms in total. The molecule has 13 heteroatoms. The summed E-state index contributed by atoms with van der Waals surface area (Å²) in [4.78, 5) is 28.3. The first-order chi connectivity index (χ1) is 20.4. The maximum absolute atomic E-state index is 14.1. The Morgan fingerprint density at radius 2 is 1.60 bits per heavy atom. The summed E-state index contributed by atoms with van der Waals surface area (Å²) in [6.45, 7) is 4.95. The van der Waals surface area contributed by atoms with Crippen LogP contribution in [0, 0.1) is 5.82 Å². The Morgan fingerprint density at radius 1 is 0.977 bits per heavy atom. The van der Waals surface area contributed by atoms with Gasteiger partial charge in [0.05, 0.1) is 10.6 Å². The highest BCUT2D eigenvalue weighted by Gasteiger charge is 2.34. The number of nitrogens with one attached hydrogen (secondary N) is 1. The number of halogens is 3. The van der Waals surface area contributed by atoms with Gasteiger partial charge in [0.1, 0.15) is 31.6 Å². The van der Waals surface area contributed by atoms with Gasteiger partial charge in [-0.15, -0.1) is 0 Å². The van der Waals surface area contributed by atoms with Crippen LogP contribution in [0.1, 0.15) is 32.8 Å². The lowest BCUT2D eigenvalue weighted by molar-refractivity contribution is -0.139. The number of sulfonamides is 1. The van der Waals surface area contributed by atoms with Crippen LogP contribution >= 0.6 is 23.2 Å². The van der Waals surface area contributed by atoms with Gasteiger partial charge in [-0.1, -0.05) is 36.2 Å². The van der Waals surface area contributed by atoms with E-state index < -0.39 is 40.2 Å². The smallest absolute Gasteiger partial charge is 0.264 e. The zero-order valence-corrected chi connectivity index (χ0v) is 26.2. The van der Waals surface area contributed by atoms with E-state index in [-0.39, 0.29) is 45.6 Å². The molecule has 0 saturated heterocycles. The molecule has 2 amide bonds. The average molecular weight is 653 g/mol. The standard InChI is InChI=1S/C30H32Cl2FN3O6S/c1-4-19(2)34-30(38)20(3)35(17-24-25(31)6-5-7-26(24)32)29(37)18-36(22-10-8-21(33)9-11-22)43(39,40)23-12-13-27-28(16-23)42-15-14-41-27/h5-13,16,19-20H,4,14-15,17-18H2,1-3H3,(H,34,38)/t19-,20+/m1/s1. The third-order valence-corrected chi connectivity index (χ3v) is 9.53. The normalized spacial score (nSPS) is 14.0. The maximum Gasteiger partial charge on any atom is 0.264 e. The third kappa shape index (κ3) is 7.52. The average Bonchev–Trinajstić information content (AvgIpc) is 2.99. The Kier molecular flexibility index (Phi) is 10.4. The Hall–Kier alpha value is -3.54. The molecular weight excluding hydrogens is 620 g/mol. The van der Waals surface area contributed by atoms with Crippen LogP contribution in [0.3, 0.4) is 0 Å². The highest BCUT2D eigenvalue weighted by Crippen LogP contribution is 2.34. The number of rotatable bonds is 11. The fourth-order valence-electron chi connectivity index (χ4n) is 4.35. The summed E-state index contributed by atoms with van der Waals surface area (Å²) >= 11 is 12.8. The van der Waals surface area contributed by atoms with Gasteiger partial charge in [-0.05, 0) is 68.8 Å². The van der Waals surface area contributed by atoms with Gasteiger partial charge >= 0.3 is 0 Å². The van der Waals surface area contributed by atoms with E-state index in [1.165, 1.54) is 42.2 Å². The van der Waals surface area contributed by atoms with Gasteiger partial charge in [0.2, 0.25) is 11.8 Å². The molecule has 0 bridgehead atoms. The molecule has 1 N–H and O–H groups in total. The van der Waals surface area contributed by atoms with E-state index in [0.29, 0.717) is 24.3 Å². The molecule has 0 unspecified atom stereocenters. The molecule has 0 saturated carbocycles. The molecule has 0 aliphatic carbocycles. The van der Waals surface area contributed by atoms with E-state index in [1.807, 2.05) is 13.8 Å². The van der Waals surface area contributed by atoms with E-state index in [9.17, 15) is 22.4 Å². The number of carbonyl (C=O) groups excluding carboxylic acids is 2. The highest BCUT2D eigenvalue weighted by molar-refractivity contribution is 7.92. The van der Waals surface area contributed by atoms with Crippen LogP contribution in [0.15, 0.2) is 65.6 Å². The number of hydrogen-bond donors (Lipinski definition) is 1. The quantitative estimate of drug-likeness (QED) is 0.296. The molecule has 0 fully saturated rings. The van der Waals surface area contributed by atoms with Crippen molar-refractivity contribution in [3.63, 3.8) is 0 Å². The number of fused-ring (bicyclic) bond motifs is 1. The van der Waals surface area contributed by atoms with Crippen LogP contribution in [0.25, 0.3) is 0 Å². The topological polar surface area (TPSA) is 105 Å². The summed E-state index contributed by atoms with van der Waals surface area (Å²) in [6.07, 6.45) is 0.662. The minimum Gasteiger partial charge on any atom is -0.486 e. The van der Waals surface area contributed by atoms with Crippen molar-refractivity contribution in [1.82, 2.24) is 10.2 Å². The number of nitrogens with zero attached hydrogens (tertiary/aromatic N) is 2. The minimum atomic E-state index is -4.41. The molecule has 43 heavy (non-hydrogen) atoms. The second-order valence-corrected chi connectivity index (χ2v) is 12.7. The number of carbonyl (C=O) groups is 2. The molecule has 3 aromatic carbocycles.